The number of aliphatic hydroxyl groups excluding tert-OH is 1. The zero-order valence-electron chi connectivity index (χ0n) is 5.44. The monoisotopic (exact) mass is 127 g/mol. The molecule has 0 fully saturated rings. The van der Waals surface area contributed by atoms with E-state index in [1.165, 1.54) is 4.80 Å². The second-order valence-corrected chi connectivity index (χ2v) is 1.93. The first kappa shape index (κ1) is 6.22. The lowest BCUT2D eigenvalue weighted by Gasteiger charge is -1.93. The van der Waals surface area contributed by atoms with E-state index in [0.29, 0.717) is 5.69 Å². The molecular formula is C5H9N3O. The molecule has 4 heteroatoms. The van der Waals surface area contributed by atoms with Gasteiger partial charge in [0.1, 0.15) is 5.69 Å². The third kappa shape index (κ3) is 1.26. The van der Waals surface area contributed by atoms with Crippen molar-refractivity contribution in [3.05, 3.63) is 11.9 Å². The van der Waals surface area contributed by atoms with Crippen molar-refractivity contribution in [3.8, 4) is 0 Å². The van der Waals surface area contributed by atoms with Gasteiger partial charge in [0.15, 0.2) is 0 Å². The Morgan fingerprint density at radius 1 is 1.78 bits per heavy atom. The van der Waals surface area contributed by atoms with Gasteiger partial charge in [0.25, 0.3) is 0 Å². The molecule has 0 aromatic carbocycles. The largest absolute Gasteiger partial charge is 0.387 e. The molecule has 0 bridgehead atoms. The predicted molar refractivity (Wildman–Crippen MR) is 31.6 cm³/mol. The first-order valence-electron chi connectivity index (χ1n) is 2.74. The molecule has 1 aromatic rings. The average Bonchev–Trinajstić information content (AvgIpc) is 2.14. The second kappa shape index (κ2) is 2.14. The molecule has 0 amide bonds. The van der Waals surface area contributed by atoms with Crippen LogP contribution >= 0.6 is 0 Å². The van der Waals surface area contributed by atoms with Crippen LogP contribution in [0.4, 0.5) is 0 Å². The number of hydrogen-bond donors (Lipinski definition) is 1. The van der Waals surface area contributed by atoms with Crippen molar-refractivity contribution in [2.75, 3.05) is 0 Å². The molecular weight excluding hydrogens is 118 g/mol. The zero-order valence-corrected chi connectivity index (χ0v) is 5.44. The SMILES string of the molecule is CC(O)c1cnn(C)n1. The van der Waals surface area contributed by atoms with Crippen molar-refractivity contribution >= 4 is 0 Å². The van der Waals surface area contributed by atoms with E-state index in [1.807, 2.05) is 0 Å². The molecule has 1 rings (SSSR count). The summed E-state index contributed by atoms with van der Waals surface area (Å²) in [5.41, 5.74) is 0.609. The van der Waals surface area contributed by atoms with Gasteiger partial charge in [-0.1, -0.05) is 0 Å². The molecule has 0 saturated carbocycles. The Morgan fingerprint density at radius 2 is 2.44 bits per heavy atom. The molecule has 0 radical (unpaired) electrons. The number of rotatable bonds is 1. The van der Waals surface area contributed by atoms with Gasteiger partial charge in [-0.05, 0) is 6.92 Å². The van der Waals surface area contributed by atoms with E-state index in [-0.39, 0.29) is 0 Å². The molecule has 0 aliphatic rings. The van der Waals surface area contributed by atoms with Crippen LogP contribution in [-0.4, -0.2) is 20.1 Å². The Labute approximate surface area is 53.1 Å². The maximum absolute atomic E-state index is 8.92. The van der Waals surface area contributed by atoms with Crippen molar-refractivity contribution in [3.63, 3.8) is 0 Å². The third-order valence-corrected chi connectivity index (χ3v) is 1.05. The van der Waals surface area contributed by atoms with Gasteiger partial charge < -0.3 is 5.11 Å². The highest BCUT2D eigenvalue weighted by Gasteiger charge is 2.02. The molecule has 1 unspecified atom stereocenters. The summed E-state index contributed by atoms with van der Waals surface area (Å²) >= 11 is 0. The summed E-state index contributed by atoms with van der Waals surface area (Å²) in [5, 5.41) is 16.6. The van der Waals surface area contributed by atoms with Gasteiger partial charge in [-0.2, -0.15) is 15.0 Å². The molecule has 0 spiro atoms. The van der Waals surface area contributed by atoms with E-state index in [4.69, 9.17) is 5.11 Å². The van der Waals surface area contributed by atoms with Crippen LogP contribution in [0.25, 0.3) is 0 Å². The van der Waals surface area contributed by atoms with Gasteiger partial charge in [0.2, 0.25) is 0 Å². The Balaban J connectivity index is 2.85. The van der Waals surface area contributed by atoms with Gasteiger partial charge in [0.05, 0.1) is 12.3 Å². The summed E-state index contributed by atoms with van der Waals surface area (Å²) in [6, 6.07) is 0. The smallest absolute Gasteiger partial charge is 0.111 e. The lowest BCUT2D eigenvalue weighted by atomic mass is 10.3. The maximum Gasteiger partial charge on any atom is 0.111 e. The topological polar surface area (TPSA) is 50.9 Å². The molecule has 9 heavy (non-hydrogen) atoms. The molecule has 1 aromatic heterocycles. The quantitative estimate of drug-likeness (QED) is 0.571. The molecule has 1 heterocycles. The van der Waals surface area contributed by atoms with Crippen LogP contribution in [0.1, 0.15) is 18.7 Å². The summed E-state index contributed by atoms with van der Waals surface area (Å²) in [7, 11) is 1.71. The van der Waals surface area contributed by atoms with Crippen LogP contribution < -0.4 is 0 Å². The van der Waals surface area contributed by atoms with Crippen molar-refractivity contribution in [2.24, 2.45) is 7.05 Å². The first-order chi connectivity index (χ1) is 4.20. The Kier molecular flexibility index (Phi) is 1.48. The summed E-state index contributed by atoms with van der Waals surface area (Å²) in [4.78, 5) is 1.42. The lowest BCUT2D eigenvalue weighted by Crippen LogP contribution is -1.95. The van der Waals surface area contributed by atoms with Crippen LogP contribution in [0, 0.1) is 0 Å². The minimum atomic E-state index is -0.515. The standard InChI is InChI=1S/C5H9N3O/c1-4(9)5-3-6-8(2)7-5/h3-4,9H,1-2H3. The summed E-state index contributed by atoms with van der Waals surface area (Å²) in [5.74, 6) is 0. The summed E-state index contributed by atoms with van der Waals surface area (Å²) < 4.78 is 0. The summed E-state index contributed by atoms with van der Waals surface area (Å²) in [6.07, 6.45) is 1.03. The fourth-order valence-electron chi connectivity index (χ4n) is 0.553. The Morgan fingerprint density at radius 3 is 2.67 bits per heavy atom. The van der Waals surface area contributed by atoms with Gasteiger partial charge in [-0.15, -0.1) is 0 Å². The van der Waals surface area contributed by atoms with Crippen LogP contribution in [0.3, 0.4) is 0 Å². The first-order valence-corrected chi connectivity index (χ1v) is 2.74. The molecule has 50 valence electrons. The molecule has 1 N–H and O–H groups in total. The van der Waals surface area contributed by atoms with Crippen LogP contribution in [0.15, 0.2) is 6.20 Å². The number of aromatic nitrogens is 3. The maximum atomic E-state index is 8.92. The molecule has 0 aliphatic heterocycles. The summed E-state index contributed by atoms with van der Waals surface area (Å²) in [6.45, 7) is 1.66. The van der Waals surface area contributed by atoms with Crippen molar-refractivity contribution in [2.45, 2.75) is 13.0 Å². The average molecular weight is 127 g/mol. The third-order valence-electron chi connectivity index (χ3n) is 1.05. The van der Waals surface area contributed by atoms with Crippen molar-refractivity contribution < 1.29 is 5.11 Å². The predicted octanol–water partition coefficient (Wildman–Crippen LogP) is -0.132. The zero-order chi connectivity index (χ0) is 6.85. The van der Waals surface area contributed by atoms with E-state index >= 15 is 0 Å². The van der Waals surface area contributed by atoms with E-state index < -0.39 is 6.10 Å². The molecule has 0 aliphatic carbocycles. The number of nitrogens with zero attached hydrogens (tertiary/aromatic N) is 3. The van der Waals surface area contributed by atoms with E-state index in [2.05, 4.69) is 10.2 Å². The Hall–Kier alpha value is -0.900. The van der Waals surface area contributed by atoms with Crippen LogP contribution in [0.5, 0.6) is 0 Å². The highest BCUT2D eigenvalue weighted by atomic mass is 16.3. The molecule has 0 saturated heterocycles. The highest BCUT2D eigenvalue weighted by Crippen LogP contribution is 2.04. The fourth-order valence-corrected chi connectivity index (χ4v) is 0.553. The van der Waals surface area contributed by atoms with E-state index in [9.17, 15) is 0 Å². The minimum absolute atomic E-state index is 0.515. The van der Waals surface area contributed by atoms with Gasteiger partial charge in [-0.25, -0.2) is 0 Å². The minimum Gasteiger partial charge on any atom is -0.387 e. The number of aryl methyl sites for hydroxylation is 1. The van der Waals surface area contributed by atoms with Crippen molar-refractivity contribution in [1.82, 2.24) is 15.0 Å². The Bertz CT molecular complexity index is 194. The second-order valence-electron chi connectivity index (χ2n) is 1.93. The van der Waals surface area contributed by atoms with Gasteiger partial charge in [0, 0.05) is 7.05 Å². The number of aliphatic hydroxyl groups is 1. The molecule has 4 nitrogen and oxygen atoms in total. The van der Waals surface area contributed by atoms with Crippen molar-refractivity contribution in [1.29, 1.82) is 0 Å². The number of hydrogen-bond acceptors (Lipinski definition) is 3. The van der Waals surface area contributed by atoms with Gasteiger partial charge >= 0.3 is 0 Å². The van der Waals surface area contributed by atoms with Crippen LogP contribution in [0.2, 0.25) is 0 Å². The van der Waals surface area contributed by atoms with E-state index in [0.717, 1.165) is 0 Å². The normalized spacial score (nSPS) is 13.7. The van der Waals surface area contributed by atoms with Crippen LogP contribution in [-0.2, 0) is 7.05 Å². The lowest BCUT2D eigenvalue weighted by molar-refractivity contribution is 0.193. The fraction of sp³-hybridized carbons (Fsp3) is 0.600. The highest BCUT2D eigenvalue weighted by molar-refractivity contribution is 4.93. The van der Waals surface area contributed by atoms with E-state index in [1.54, 1.807) is 20.2 Å². The van der Waals surface area contributed by atoms with Gasteiger partial charge in [-0.3, -0.25) is 0 Å². The molecule has 1 atom stereocenters.